The zero-order valence-electron chi connectivity index (χ0n) is 20.1. The Labute approximate surface area is 219 Å². The summed E-state index contributed by atoms with van der Waals surface area (Å²) in [6.07, 6.45) is 1.58. The van der Waals surface area contributed by atoms with Crippen LogP contribution in [-0.4, -0.2) is 59.8 Å². The van der Waals surface area contributed by atoms with Gasteiger partial charge in [-0.25, -0.2) is 13.4 Å². The van der Waals surface area contributed by atoms with Gasteiger partial charge in [-0.3, -0.25) is 14.4 Å². The summed E-state index contributed by atoms with van der Waals surface area (Å²) in [6.45, 7) is 1.62. The fraction of sp³-hybridized carbons (Fsp3) is 0.385. The molecule has 2 heterocycles. The fourth-order valence-electron chi connectivity index (χ4n) is 4.68. The lowest BCUT2D eigenvalue weighted by Crippen LogP contribution is -2.51. The molecule has 2 fully saturated rings. The monoisotopic (exact) mass is 543 g/mol. The maximum atomic E-state index is 13.4. The van der Waals surface area contributed by atoms with Crippen LogP contribution >= 0.6 is 11.6 Å². The summed E-state index contributed by atoms with van der Waals surface area (Å²) in [5.74, 6) is -1.65. The molecule has 1 saturated heterocycles. The van der Waals surface area contributed by atoms with E-state index in [1.165, 1.54) is 17.0 Å². The van der Waals surface area contributed by atoms with Gasteiger partial charge >= 0.3 is 0 Å². The molecule has 37 heavy (non-hydrogen) atoms. The van der Waals surface area contributed by atoms with E-state index in [-0.39, 0.29) is 47.0 Å². The van der Waals surface area contributed by atoms with Crippen molar-refractivity contribution in [2.75, 3.05) is 6.54 Å². The largest absolute Gasteiger partial charge is 0.434 e. The number of rotatable bonds is 8. The molecule has 1 aliphatic heterocycles. The van der Waals surface area contributed by atoms with Gasteiger partial charge in [-0.05, 0) is 49.9 Å². The van der Waals surface area contributed by atoms with E-state index in [0.717, 1.165) is 0 Å². The van der Waals surface area contributed by atoms with Crippen molar-refractivity contribution in [3.8, 4) is 0 Å². The number of carbonyl (C=O) groups excluding carboxylic acids is 3. The van der Waals surface area contributed by atoms with Crippen LogP contribution in [0.4, 0.5) is 0 Å². The number of halogens is 1. The third-order valence-electron chi connectivity index (χ3n) is 6.90. The number of Topliss-reactive ketones (excluding diaryl/α,β-unsaturated/α-hetero) is 1. The van der Waals surface area contributed by atoms with Crippen molar-refractivity contribution in [2.45, 2.75) is 54.8 Å². The Bertz CT molecular complexity index is 1450. The molecule has 9 nitrogen and oxygen atoms in total. The predicted octanol–water partition coefficient (Wildman–Crippen LogP) is 3.41. The van der Waals surface area contributed by atoms with Crippen molar-refractivity contribution in [1.29, 1.82) is 0 Å². The van der Waals surface area contributed by atoms with E-state index >= 15 is 0 Å². The molecule has 0 spiro atoms. The van der Waals surface area contributed by atoms with E-state index in [1.807, 2.05) is 0 Å². The molecule has 3 aromatic rings. The second-order valence-electron chi connectivity index (χ2n) is 9.43. The van der Waals surface area contributed by atoms with E-state index in [4.69, 9.17) is 16.0 Å². The molecule has 0 radical (unpaired) electrons. The number of fused-ring (bicyclic) bond motifs is 1. The molecule has 1 N–H and O–H groups in total. The highest BCUT2D eigenvalue weighted by Crippen LogP contribution is 2.37. The van der Waals surface area contributed by atoms with Crippen molar-refractivity contribution in [3.63, 3.8) is 0 Å². The molecular formula is C26H26ClN3O6S. The minimum absolute atomic E-state index is 0.0286. The van der Waals surface area contributed by atoms with Gasteiger partial charge in [-0.1, -0.05) is 42.8 Å². The molecule has 2 aromatic carbocycles. The van der Waals surface area contributed by atoms with Gasteiger partial charge in [-0.15, -0.1) is 0 Å². The first kappa shape index (κ1) is 25.4. The standard InChI is InChI=1S/C26H26ClN3O6S/c1-2-18(23(31)25-29-19-8-4-5-9-21(19)36-25)28-24(32)20-13-16(14-30(20)26(33)15-11-12-15)37(34,35)22-10-6-3-7-17(22)27/h3-10,15-16,18,20H,2,11-14H2,1H3,(H,28,32). The fourth-order valence-corrected chi connectivity index (χ4v) is 6.90. The summed E-state index contributed by atoms with van der Waals surface area (Å²) in [6, 6.07) is 11.1. The zero-order chi connectivity index (χ0) is 26.3. The first-order chi connectivity index (χ1) is 17.7. The number of carbonyl (C=O) groups is 3. The Kier molecular flexibility index (Phi) is 6.80. The number of para-hydroxylation sites is 2. The molecular weight excluding hydrogens is 518 g/mol. The number of ketones is 1. The summed E-state index contributed by atoms with van der Waals surface area (Å²) < 4.78 is 32.4. The average Bonchev–Trinajstić information content (AvgIpc) is 3.48. The molecule has 2 aliphatic rings. The Balaban J connectivity index is 1.38. The summed E-state index contributed by atoms with van der Waals surface area (Å²) in [5, 5.41) is 1.80. The average molecular weight is 544 g/mol. The van der Waals surface area contributed by atoms with Crippen LogP contribution in [0.25, 0.3) is 11.1 Å². The molecule has 2 amide bonds. The number of oxazole rings is 1. The van der Waals surface area contributed by atoms with Crippen LogP contribution in [0.5, 0.6) is 0 Å². The van der Waals surface area contributed by atoms with Crippen LogP contribution in [-0.2, 0) is 19.4 Å². The van der Waals surface area contributed by atoms with Crippen molar-refractivity contribution >= 4 is 50.1 Å². The molecule has 1 aromatic heterocycles. The lowest BCUT2D eigenvalue weighted by molar-refractivity contribution is -0.139. The highest BCUT2D eigenvalue weighted by atomic mass is 35.5. The Hall–Kier alpha value is -3.24. The van der Waals surface area contributed by atoms with Crippen LogP contribution in [0, 0.1) is 5.92 Å². The maximum Gasteiger partial charge on any atom is 0.266 e. The van der Waals surface area contributed by atoms with Crippen molar-refractivity contribution in [3.05, 3.63) is 59.4 Å². The topological polar surface area (TPSA) is 127 Å². The smallest absolute Gasteiger partial charge is 0.266 e. The number of nitrogens with one attached hydrogen (secondary N) is 1. The normalized spacial score (nSPS) is 20.6. The number of aromatic nitrogens is 1. The van der Waals surface area contributed by atoms with Gasteiger partial charge in [0.05, 0.1) is 21.2 Å². The van der Waals surface area contributed by atoms with Crippen molar-refractivity contribution in [2.24, 2.45) is 5.92 Å². The lowest BCUT2D eigenvalue weighted by Gasteiger charge is -2.25. The van der Waals surface area contributed by atoms with Gasteiger partial charge in [0.2, 0.25) is 17.6 Å². The van der Waals surface area contributed by atoms with E-state index in [0.29, 0.717) is 23.9 Å². The summed E-state index contributed by atoms with van der Waals surface area (Å²) in [5.41, 5.74) is 0.980. The number of sulfone groups is 1. The number of amides is 2. The van der Waals surface area contributed by atoms with Crippen molar-refractivity contribution in [1.82, 2.24) is 15.2 Å². The van der Waals surface area contributed by atoms with Gasteiger partial charge in [0.25, 0.3) is 5.89 Å². The molecule has 3 unspecified atom stereocenters. The van der Waals surface area contributed by atoms with Crippen molar-refractivity contribution < 1.29 is 27.2 Å². The highest BCUT2D eigenvalue weighted by molar-refractivity contribution is 7.92. The van der Waals surface area contributed by atoms with E-state index < -0.39 is 38.9 Å². The van der Waals surface area contributed by atoms with E-state index in [1.54, 1.807) is 43.3 Å². The third-order valence-corrected chi connectivity index (χ3v) is 9.53. The molecule has 0 bridgehead atoms. The van der Waals surface area contributed by atoms with Crippen LogP contribution in [0.1, 0.15) is 43.3 Å². The Morgan fingerprint density at radius 1 is 1.14 bits per heavy atom. The van der Waals surface area contributed by atoms with E-state index in [9.17, 15) is 22.8 Å². The molecule has 1 saturated carbocycles. The third kappa shape index (κ3) is 4.87. The van der Waals surface area contributed by atoms with Crippen LogP contribution < -0.4 is 5.32 Å². The van der Waals surface area contributed by atoms with Gasteiger partial charge in [-0.2, -0.15) is 0 Å². The van der Waals surface area contributed by atoms with Gasteiger partial charge in [0, 0.05) is 12.5 Å². The number of likely N-dealkylation sites (tertiary alicyclic amines) is 1. The number of hydrogen-bond donors (Lipinski definition) is 1. The highest BCUT2D eigenvalue weighted by Gasteiger charge is 2.49. The second-order valence-corrected chi connectivity index (χ2v) is 12.0. The molecule has 5 rings (SSSR count). The number of hydrogen-bond acceptors (Lipinski definition) is 7. The first-order valence-corrected chi connectivity index (χ1v) is 14.1. The second kappa shape index (κ2) is 9.90. The molecule has 1 aliphatic carbocycles. The molecule has 11 heteroatoms. The summed E-state index contributed by atoms with van der Waals surface area (Å²) >= 11 is 6.16. The number of benzene rings is 2. The minimum Gasteiger partial charge on any atom is -0.434 e. The van der Waals surface area contributed by atoms with Crippen LogP contribution in [0.3, 0.4) is 0 Å². The Morgan fingerprint density at radius 2 is 1.84 bits per heavy atom. The zero-order valence-corrected chi connectivity index (χ0v) is 21.7. The summed E-state index contributed by atoms with van der Waals surface area (Å²) in [4.78, 5) is 45.1. The van der Waals surface area contributed by atoms with Crippen LogP contribution in [0.15, 0.2) is 57.8 Å². The van der Waals surface area contributed by atoms with E-state index in [2.05, 4.69) is 10.3 Å². The van der Waals surface area contributed by atoms with Gasteiger partial charge < -0.3 is 14.6 Å². The SMILES string of the molecule is CCC(NC(=O)C1CC(S(=O)(=O)c2ccccc2Cl)CN1C(=O)C1CC1)C(=O)c1nc2ccccc2o1. The van der Waals surface area contributed by atoms with Gasteiger partial charge in [0.15, 0.2) is 15.4 Å². The first-order valence-electron chi connectivity index (χ1n) is 12.2. The quantitative estimate of drug-likeness (QED) is 0.431. The maximum absolute atomic E-state index is 13.4. The van der Waals surface area contributed by atoms with Gasteiger partial charge in [0.1, 0.15) is 11.6 Å². The summed E-state index contributed by atoms with van der Waals surface area (Å²) in [7, 11) is -3.91. The minimum atomic E-state index is -3.91. The predicted molar refractivity (Wildman–Crippen MR) is 136 cm³/mol. The lowest BCUT2D eigenvalue weighted by atomic mass is 10.1. The van der Waals surface area contributed by atoms with Crippen LogP contribution in [0.2, 0.25) is 5.02 Å². The molecule has 194 valence electrons. The Morgan fingerprint density at radius 3 is 2.51 bits per heavy atom. The molecule has 3 atom stereocenters. The number of nitrogens with zero attached hydrogens (tertiary/aromatic N) is 2.